The molecule has 1 atom stereocenters. The van der Waals surface area contributed by atoms with Gasteiger partial charge < -0.3 is 10.6 Å². The molecule has 3 rings (SSSR count). The highest BCUT2D eigenvalue weighted by Crippen LogP contribution is 2.34. The lowest BCUT2D eigenvalue weighted by Crippen LogP contribution is -2.41. The van der Waals surface area contributed by atoms with E-state index in [1.165, 1.54) is 0 Å². The number of benzene rings is 2. The van der Waals surface area contributed by atoms with Gasteiger partial charge in [-0.2, -0.15) is 13.2 Å². The number of hydrogen-bond donors (Lipinski definition) is 2. The van der Waals surface area contributed by atoms with Crippen molar-refractivity contribution in [2.24, 2.45) is 4.99 Å². The summed E-state index contributed by atoms with van der Waals surface area (Å²) in [5.41, 5.74) is 0.535. The van der Waals surface area contributed by atoms with Gasteiger partial charge in [0.15, 0.2) is 5.17 Å². The molecule has 2 amide bonds. The molecule has 29 heavy (non-hydrogen) atoms. The molecule has 0 bridgehead atoms. The Morgan fingerprint density at radius 2 is 1.93 bits per heavy atom. The SMILES string of the molecule is Cc1ccc(N=C2NC(=O)C[C@@H](C(=O)Nc3cc(C(F)(F)F)ccc3Cl)S2)cc1. The van der Waals surface area contributed by atoms with Gasteiger partial charge in [0.25, 0.3) is 0 Å². The van der Waals surface area contributed by atoms with E-state index in [0.717, 1.165) is 35.5 Å². The standard InChI is InChI=1S/C19H15ClF3N3O2S/c1-10-2-5-12(6-3-10)24-18-26-16(27)9-15(29-18)17(28)25-14-8-11(19(21,22)23)4-7-13(14)20/h2-8,15H,9H2,1H3,(H,25,28)(H,24,26,27)/t15-/m0/s1. The van der Waals surface area contributed by atoms with E-state index in [0.29, 0.717) is 5.69 Å². The van der Waals surface area contributed by atoms with E-state index in [2.05, 4.69) is 15.6 Å². The highest BCUT2D eigenvalue weighted by Gasteiger charge is 2.33. The van der Waals surface area contributed by atoms with E-state index in [4.69, 9.17) is 11.6 Å². The molecule has 1 aliphatic heterocycles. The third-order valence-corrected chi connectivity index (χ3v) is 5.39. The Bertz CT molecular complexity index is 978. The first-order valence-electron chi connectivity index (χ1n) is 8.41. The molecule has 1 saturated heterocycles. The number of anilines is 1. The molecule has 0 aromatic heterocycles. The number of aliphatic imine (C=N–C) groups is 1. The van der Waals surface area contributed by atoms with Crippen LogP contribution in [0.5, 0.6) is 0 Å². The van der Waals surface area contributed by atoms with E-state index in [9.17, 15) is 22.8 Å². The van der Waals surface area contributed by atoms with Gasteiger partial charge in [0.1, 0.15) is 5.25 Å². The largest absolute Gasteiger partial charge is 0.416 e. The van der Waals surface area contributed by atoms with Crippen LogP contribution in [0, 0.1) is 6.92 Å². The van der Waals surface area contributed by atoms with Crippen molar-refractivity contribution in [2.45, 2.75) is 24.8 Å². The maximum absolute atomic E-state index is 12.9. The van der Waals surface area contributed by atoms with Crippen molar-refractivity contribution in [3.8, 4) is 0 Å². The van der Waals surface area contributed by atoms with Crippen LogP contribution >= 0.6 is 23.4 Å². The predicted octanol–water partition coefficient (Wildman–Crippen LogP) is 4.92. The minimum absolute atomic E-state index is 0.0369. The zero-order valence-corrected chi connectivity index (χ0v) is 16.6. The molecule has 10 heteroatoms. The van der Waals surface area contributed by atoms with Gasteiger partial charge in [-0.1, -0.05) is 41.1 Å². The first kappa shape index (κ1) is 21.2. The number of thioether (sulfide) groups is 1. The molecule has 152 valence electrons. The van der Waals surface area contributed by atoms with Crippen molar-refractivity contribution in [1.82, 2.24) is 5.32 Å². The molecule has 2 aromatic rings. The second kappa shape index (κ2) is 8.46. The number of nitrogens with zero attached hydrogens (tertiary/aromatic N) is 1. The summed E-state index contributed by atoms with van der Waals surface area (Å²) >= 11 is 6.93. The van der Waals surface area contributed by atoms with Crippen LogP contribution < -0.4 is 10.6 Å². The number of halogens is 4. The fourth-order valence-corrected chi connectivity index (χ4v) is 3.66. The number of aryl methyl sites for hydroxylation is 1. The van der Waals surface area contributed by atoms with E-state index in [1.54, 1.807) is 12.1 Å². The Kier molecular flexibility index (Phi) is 6.18. The maximum Gasteiger partial charge on any atom is 0.416 e. The molecule has 0 unspecified atom stereocenters. The van der Waals surface area contributed by atoms with Crippen LogP contribution in [0.25, 0.3) is 0 Å². The summed E-state index contributed by atoms with van der Waals surface area (Å²) in [6.45, 7) is 1.92. The summed E-state index contributed by atoms with van der Waals surface area (Å²) in [5, 5.41) is 4.30. The van der Waals surface area contributed by atoms with Crippen molar-refractivity contribution in [3.63, 3.8) is 0 Å². The number of amides is 2. The van der Waals surface area contributed by atoms with Crippen molar-refractivity contribution in [2.75, 3.05) is 5.32 Å². The Hall–Kier alpha value is -2.52. The van der Waals surface area contributed by atoms with Crippen LogP contribution in [-0.4, -0.2) is 22.2 Å². The van der Waals surface area contributed by atoms with Crippen LogP contribution in [0.2, 0.25) is 5.02 Å². The van der Waals surface area contributed by atoms with Crippen molar-refractivity contribution < 1.29 is 22.8 Å². The van der Waals surface area contributed by atoms with Crippen LogP contribution in [0.3, 0.4) is 0 Å². The predicted molar refractivity (Wildman–Crippen MR) is 107 cm³/mol. The normalized spacial score (nSPS) is 18.4. The van der Waals surface area contributed by atoms with Gasteiger partial charge in [-0.15, -0.1) is 0 Å². The first-order chi connectivity index (χ1) is 13.6. The molecule has 2 aromatic carbocycles. The van der Waals surface area contributed by atoms with Crippen LogP contribution in [0.1, 0.15) is 17.5 Å². The average Bonchev–Trinajstić information content (AvgIpc) is 2.64. The molecule has 5 nitrogen and oxygen atoms in total. The summed E-state index contributed by atoms with van der Waals surface area (Å²) in [6.07, 6.45) is -4.71. The number of rotatable bonds is 3. The van der Waals surface area contributed by atoms with Crippen molar-refractivity contribution >= 4 is 51.7 Å². The smallest absolute Gasteiger partial charge is 0.324 e. The molecule has 2 N–H and O–H groups in total. The Morgan fingerprint density at radius 3 is 2.59 bits per heavy atom. The number of carbonyl (C=O) groups excluding carboxylic acids is 2. The van der Waals surface area contributed by atoms with Gasteiger partial charge >= 0.3 is 6.18 Å². The zero-order chi connectivity index (χ0) is 21.2. The van der Waals surface area contributed by atoms with Gasteiger partial charge in [0.2, 0.25) is 11.8 Å². The second-order valence-electron chi connectivity index (χ2n) is 6.29. The van der Waals surface area contributed by atoms with Gasteiger partial charge in [-0.25, -0.2) is 4.99 Å². The Morgan fingerprint density at radius 1 is 1.24 bits per heavy atom. The van der Waals surface area contributed by atoms with E-state index in [-0.39, 0.29) is 22.3 Å². The topological polar surface area (TPSA) is 70.6 Å². The van der Waals surface area contributed by atoms with Gasteiger partial charge in [0, 0.05) is 6.42 Å². The third-order valence-electron chi connectivity index (χ3n) is 3.98. The minimum atomic E-state index is -4.57. The molecular weight excluding hydrogens is 427 g/mol. The molecule has 0 radical (unpaired) electrons. The van der Waals surface area contributed by atoms with Crippen LogP contribution in [0.4, 0.5) is 24.5 Å². The van der Waals surface area contributed by atoms with E-state index < -0.39 is 28.8 Å². The summed E-state index contributed by atoms with van der Waals surface area (Å²) < 4.78 is 38.7. The number of hydrogen-bond acceptors (Lipinski definition) is 4. The minimum Gasteiger partial charge on any atom is -0.324 e. The third kappa shape index (κ3) is 5.51. The highest BCUT2D eigenvalue weighted by molar-refractivity contribution is 8.15. The molecule has 0 saturated carbocycles. The Balaban J connectivity index is 1.77. The monoisotopic (exact) mass is 441 g/mol. The lowest BCUT2D eigenvalue weighted by atomic mass is 10.2. The van der Waals surface area contributed by atoms with E-state index >= 15 is 0 Å². The van der Waals surface area contributed by atoms with Gasteiger partial charge in [0.05, 0.1) is 22.0 Å². The van der Waals surface area contributed by atoms with Crippen LogP contribution in [0.15, 0.2) is 47.5 Å². The van der Waals surface area contributed by atoms with Crippen molar-refractivity contribution in [3.05, 3.63) is 58.6 Å². The summed E-state index contributed by atoms with van der Waals surface area (Å²) in [5.74, 6) is -1.05. The fraction of sp³-hybridized carbons (Fsp3) is 0.211. The number of nitrogens with one attached hydrogen (secondary N) is 2. The van der Waals surface area contributed by atoms with E-state index in [1.807, 2.05) is 19.1 Å². The highest BCUT2D eigenvalue weighted by atomic mass is 35.5. The van der Waals surface area contributed by atoms with Gasteiger partial charge in [-0.3, -0.25) is 9.59 Å². The second-order valence-corrected chi connectivity index (χ2v) is 7.89. The fourth-order valence-electron chi connectivity index (χ4n) is 2.49. The molecule has 1 aliphatic rings. The molecule has 1 heterocycles. The number of alkyl halides is 3. The molecule has 0 aliphatic carbocycles. The summed E-state index contributed by atoms with van der Waals surface area (Å²) in [7, 11) is 0. The average molecular weight is 442 g/mol. The Labute approximate surface area is 173 Å². The number of carbonyl (C=O) groups is 2. The molecule has 1 fully saturated rings. The van der Waals surface area contributed by atoms with Gasteiger partial charge in [-0.05, 0) is 37.3 Å². The quantitative estimate of drug-likeness (QED) is 0.710. The maximum atomic E-state index is 12.9. The first-order valence-corrected chi connectivity index (χ1v) is 9.67. The molecular formula is C19H15ClF3N3O2S. The lowest BCUT2D eigenvalue weighted by molar-refractivity contribution is -0.137. The molecule has 0 spiro atoms. The summed E-state index contributed by atoms with van der Waals surface area (Å²) in [6, 6.07) is 9.89. The number of amidine groups is 1. The van der Waals surface area contributed by atoms with Crippen molar-refractivity contribution in [1.29, 1.82) is 0 Å². The lowest BCUT2D eigenvalue weighted by Gasteiger charge is -2.22. The summed E-state index contributed by atoms with van der Waals surface area (Å²) in [4.78, 5) is 28.8. The van der Waals surface area contributed by atoms with Crippen LogP contribution in [-0.2, 0) is 15.8 Å². The zero-order valence-electron chi connectivity index (χ0n) is 15.0.